The zero-order chi connectivity index (χ0) is 6.69. The van der Waals surface area contributed by atoms with E-state index in [1.54, 1.807) is 6.21 Å². The lowest BCUT2D eigenvalue weighted by Gasteiger charge is -1.90. The molecule has 0 aromatic carbocycles. The van der Waals surface area contributed by atoms with Gasteiger partial charge in [0.25, 0.3) is 0 Å². The summed E-state index contributed by atoms with van der Waals surface area (Å²) < 4.78 is 4.88. The van der Waals surface area contributed by atoms with Crippen LogP contribution in [0.15, 0.2) is 17.0 Å². The average Bonchev–Trinajstić information content (AvgIpc) is 2.15. The van der Waals surface area contributed by atoms with Gasteiger partial charge in [-0.2, -0.15) is 0 Å². The number of allylic oxidation sites excluding steroid dienone is 1. The van der Waals surface area contributed by atoms with Crippen molar-refractivity contribution in [1.82, 2.24) is 0 Å². The third-order valence-electron chi connectivity index (χ3n) is 0.851. The molecule has 0 N–H and O–H groups in total. The molecule has 3 nitrogen and oxygen atoms in total. The van der Waals surface area contributed by atoms with Crippen molar-refractivity contribution >= 4 is 12.0 Å². The minimum atomic E-state index is -0.0379. The predicted molar refractivity (Wildman–Crippen MR) is 33.2 cm³/mol. The Labute approximate surface area is 53.0 Å². The Balaban J connectivity index is 2.61. The second-order valence-electron chi connectivity index (χ2n) is 1.72. The van der Waals surface area contributed by atoms with Gasteiger partial charge in [0.1, 0.15) is 6.61 Å². The lowest BCUT2D eigenvalue weighted by molar-refractivity contribution is -0.112. The lowest BCUT2D eigenvalue weighted by atomic mass is 10.4. The van der Waals surface area contributed by atoms with Gasteiger partial charge in [0, 0.05) is 12.3 Å². The maximum Gasteiger partial charge on any atom is 0.216 e. The van der Waals surface area contributed by atoms with Gasteiger partial charge in [-0.05, 0) is 6.92 Å². The maximum atomic E-state index is 10.4. The first-order valence-corrected chi connectivity index (χ1v) is 2.66. The first-order valence-electron chi connectivity index (χ1n) is 2.66. The molecular weight excluding hydrogens is 118 g/mol. The molecule has 0 aliphatic carbocycles. The van der Waals surface area contributed by atoms with Crippen molar-refractivity contribution < 1.29 is 9.53 Å². The first-order chi connectivity index (χ1) is 4.29. The molecule has 1 heterocycles. The summed E-state index contributed by atoms with van der Waals surface area (Å²) in [5.41, 5.74) is 0. The van der Waals surface area contributed by atoms with Crippen molar-refractivity contribution in [3.8, 4) is 0 Å². The third kappa shape index (κ3) is 1.68. The Morgan fingerprint density at radius 1 is 2.00 bits per heavy atom. The fraction of sp³-hybridized carbons (Fsp3) is 0.333. The van der Waals surface area contributed by atoms with E-state index in [0.717, 1.165) is 0 Å². The van der Waals surface area contributed by atoms with E-state index in [4.69, 9.17) is 4.74 Å². The van der Waals surface area contributed by atoms with Crippen LogP contribution in [-0.2, 0) is 9.53 Å². The van der Waals surface area contributed by atoms with Gasteiger partial charge >= 0.3 is 0 Å². The number of hydrogen-bond acceptors (Lipinski definition) is 3. The third-order valence-corrected chi connectivity index (χ3v) is 0.851. The van der Waals surface area contributed by atoms with Gasteiger partial charge in [-0.15, -0.1) is 0 Å². The molecule has 48 valence electrons. The van der Waals surface area contributed by atoms with Crippen LogP contribution >= 0.6 is 0 Å². The second kappa shape index (κ2) is 2.44. The van der Waals surface area contributed by atoms with Crippen molar-refractivity contribution in [2.75, 3.05) is 6.61 Å². The zero-order valence-electron chi connectivity index (χ0n) is 5.13. The molecule has 3 heteroatoms. The van der Waals surface area contributed by atoms with Crippen LogP contribution in [0.4, 0.5) is 0 Å². The standard InChI is InChI=1S/C6H7NO2/c1-5(8)4-6-7-2-3-9-6/h2,4H,3H2,1H3. The summed E-state index contributed by atoms with van der Waals surface area (Å²) >= 11 is 0. The van der Waals surface area contributed by atoms with Crippen LogP contribution in [0.1, 0.15) is 6.92 Å². The van der Waals surface area contributed by atoms with E-state index in [0.29, 0.717) is 12.5 Å². The number of rotatable bonds is 1. The predicted octanol–water partition coefficient (Wildman–Crippen LogP) is 0.518. The van der Waals surface area contributed by atoms with Crippen molar-refractivity contribution in [2.45, 2.75) is 6.92 Å². The number of ether oxygens (including phenoxy) is 1. The summed E-state index contributed by atoms with van der Waals surface area (Å²) in [6.07, 6.45) is 2.98. The molecule has 0 fully saturated rings. The molecule has 0 radical (unpaired) electrons. The molecule has 0 saturated heterocycles. The SMILES string of the molecule is CC(=O)C=C1N=CCO1. The Hall–Kier alpha value is -1.12. The van der Waals surface area contributed by atoms with Gasteiger partial charge in [-0.3, -0.25) is 4.79 Å². The van der Waals surface area contributed by atoms with Crippen molar-refractivity contribution in [2.24, 2.45) is 4.99 Å². The Bertz CT molecular complexity index is 181. The molecule has 1 rings (SSSR count). The number of nitrogens with zero attached hydrogens (tertiary/aromatic N) is 1. The second-order valence-corrected chi connectivity index (χ2v) is 1.72. The first kappa shape index (κ1) is 6.01. The molecule has 9 heavy (non-hydrogen) atoms. The van der Waals surface area contributed by atoms with Gasteiger partial charge in [0.2, 0.25) is 5.88 Å². The normalized spacial score (nSPS) is 20.3. The largest absolute Gasteiger partial charge is 0.472 e. The molecule has 0 aromatic rings. The quantitative estimate of drug-likeness (QED) is 0.479. The summed E-state index contributed by atoms with van der Waals surface area (Å²) in [6, 6.07) is 0. The summed E-state index contributed by atoms with van der Waals surface area (Å²) in [6.45, 7) is 1.95. The summed E-state index contributed by atoms with van der Waals surface area (Å²) in [4.78, 5) is 14.1. The van der Waals surface area contributed by atoms with Gasteiger partial charge < -0.3 is 4.74 Å². The Kier molecular flexibility index (Phi) is 1.63. The molecule has 0 saturated carbocycles. The van der Waals surface area contributed by atoms with E-state index in [9.17, 15) is 4.79 Å². The highest BCUT2D eigenvalue weighted by Gasteiger charge is 2.00. The number of aliphatic imine (C=N–C) groups is 1. The Morgan fingerprint density at radius 2 is 2.78 bits per heavy atom. The molecule has 0 amide bonds. The summed E-state index contributed by atoms with van der Waals surface area (Å²) in [7, 11) is 0. The fourth-order valence-electron chi connectivity index (χ4n) is 0.540. The number of carbonyl (C=O) groups excluding carboxylic acids is 1. The van der Waals surface area contributed by atoms with Crippen LogP contribution in [0.5, 0.6) is 0 Å². The van der Waals surface area contributed by atoms with Crippen molar-refractivity contribution in [1.29, 1.82) is 0 Å². The molecule has 0 spiro atoms. The fourth-order valence-corrected chi connectivity index (χ4v) is 0.540. The summed E-state index contributed by atoms with van der Waals surface area (Å²) in [5.74, 6) is 0.381. The maximum absolute atomic E-state index is 10.4. The van der Waals surface area contributed by atoms with Crippen LogP contribution in [0.2, 0.25) is 0 Å². The monoisotopic (exact) mass is 125 g/mol. The minimum Gasteiger partial charge on any atom is -0.472 e. The van der Waals surface area contributed by atoms with Gasteiger partial charge in [0.15, 0.2) is 5.78 Å². The van der Waals surface area contributed by atoms with Crippen LogP contribution < -0.4 is 0 Å². The van der Waals surface area contributed by atoms with Crippen LogP contribution in [0.3, 0.4) is 0 Å². The van der Waals surface area contributed by atoms with Gasteiger partial charge in [0.05, 0.1) is 0 Å². The van der Waals surface area contributed by atoms with Crippen LogP contribution in [0.25, 0.3) is 0 Å². The van der Waals surface area contributed by atoms with Crippen LogP contribution in [0, 0.1) is 0 Å². The van der Waals surface area contributed by atoms with E-state index in [1.807, 2.05) is 0 Å². The van der Waals surface area contributed by atoms with E-state index in [1.165, 1.54) is 13.0 Å². The van der Waals surface area contributed by atoms with E-state index < -0.39 is 0 Å². The molecule has 0 atom stereocenters. The minimum absolute atomic E-state index is 0.0379. The molecule has 0 unspecified atom stereocenters. The Morgan fingerprint density at radius 3 is 3.22 bits per heavy atom. The molecule has 0 aromatic heterocycles. The van der Waals surface area contributed by atoms with E-state index in [2.05, 4.69) is 4.99 Å². The average molecular weight is 125 g/mol. The van der Waals surface area contributed by atoms with Crippen LogP contribution in [-0.4, -0.2) is 18.6 Å². The van der Waals surface area contributed by atoms with Gasteiger partial charge in [-0.25, -0.2) is 4.99 Å². The van der Waals surface area contributed by atoms with Crippen molar-refractivity contribution in [3.05, 3.63) is 12.0 Å². The van der Waals surface area contributed by atoms with Gasteiger partial charge in [-0.1, -0.05) is 0 Å². The zero-order valence-corrected chi connectivity index (χ0v) is 5.13. The topological polar surface area (TPSA) is 38.7 Å². The number of hydrogen-bond donors (Lipinski definition) is 0. The van der Waals surface area contributed by atoms with Crippen molar-refractivity contribution in [3.63, 3.8) is 0 Å². The van der Waals surface area contributed by atoms with E-state index in [-0.39, 0.29) is 5.78 Å². The van der Waals surface area contributed by atoms with E-state index >= 15 is 0 Å². The highest BCUT2D eigenvalue weighted by atomic mass is 16.5. The summed E-state index contributed by atoms with van der Waals surface area (Å²) in [5, 5.41) is 0. The highest BCUT2D eigenvalue weighted by Crippen LogP contribution is 2.02. The molecule has 0 bridgehead atoms. The number of ketones is 1. The number of carbonyl (C=O) groups is 1. The lowest BCUT2D eigenvalue weighted by Crippen LogP contribution is -1.87. The smallest absolute Gasteiger partial charge is 0.216 e. The molecular formula is C6H7NO2. The highest BCUT2D eigenvalue weighted by molar-refractivity contribution is 5.88. The molecule has 1 aliphatic heterocycles. The molecule has 1 aliphatic rings.